The lowest BCUT2D eigenvalue weighted by atomic mass is 10.1. The van der Waals surface area contributed by atoms with Gasteiger partial charge in [0, 0.05) is 9.13 Å². The molecule has 0 aromatic heterocycles. The molecular formula is C11H21Si. The first-order chi connectivity index (χ1) is 5.88. The Bertz CT molecular complexity index is 131. The summed E-state index contributed by atoms with van der Waals surface area (Å²) in [6, 6.07) is 1.38. The molecule has 1 aliphatic carbocycles. The molecule has 1 radical (unpaired) electrons. The van der Waals surface area contributed by atoms with Gasteiger partial charge in [-0.2, -0.15) is 0 Å². The SMILES string of the molecule is C=[Si]CC[C@H]1C[C@H]1CCCCC. The summed E-state index contributed by atoms with van der Waals surface area (Å²) in [4.78, 5) is 0. The Morgan fingerprint density at radius 2 is 2.00 bits per heavy atom. The van der Waals surface area contributed by atoms with Crippen LogP contribution in [0.3, 0.4) is 0 Å². The lowest BCUT2D eigenvalue weighted by Crippen LogP contribution is -1.85. The monoisotopic (exact) mass is 181 g/mol. The van der Waals surface area contributed by atoms with Crippen LogP contribution in [0, 0.1) is 11.8 Å². The number of hydrogen-bond donors (Lipinski definition) is 0. The highest BCUT2D eigenvalue weighted by Crippen LogP contribution is 2.45. The summed E-state index contributed by atoms with van der Waals surface area (Å²) < 4.78 is 0. The summed E-state index contributed by atoms with van der Waals surface area (Å²) in [5, 5.41) is 0. The van der Waals surface area contributed by atoms with Gasteiger partial charge in [0.1, 0.15) is 0 Å². The fourth-order valence-corrected chi connectivity index (χ4v) is 2.54. The van der Waals surface area contributed by atoms with Crippen LogP contribution in [-0.2, 0) is 0 Å². The van der Waals surface area contributed by atoms with Crippen molar-refractivity contribution in [3.8, 4) is 0 Å². The molecule has 1 saturated carbocycles. The Labute approximate surface area is 79.2 Å². The van der Waals surface area contributed by atoms with Crippen LogP contribution in [0.5, 0.6) is 0 Å². The average molecular weight is 181 g/mol. The second-order valence-corrected chi connectivity index (χ2v) is 5.04. The van der Waals surface area contributed by atoms with Gasteiger partial charge in [0.25, 0.3) is 0 Å². The third-order valence-electron chi connectivity index (χ3n) is 2.94. The molecule has 0 nitrogen and oxygen atoms in total. The molecule has 2 atom stereocenters. The van der Waals surface area contributed by atoms with Crippen LogP contribution in [0.2, 0.25) is 6.04 Å². The van der Waals surface area contributed by atoms with Crippen LogP contribution in [-0.4, -0.2) is 15.3 Å². The minimum Gasteiger partial charge on any atom is -0.118 e. The van der Waals surface area contributed by atoms with E-state index in [0.717, 1.165) is 21.0 Å². The zero-order valence-corrected chi connectivity index (χ0v) is 9.31. The molecule has 0 aromatic carbocycles. The van der Waals surface area contributed by atoms with Gasteiger partial charge in [-0.1, -0.05) is 32.6 Å². The van der Waals surface area contributed by atoms with Crippen molar-refractivity contribution in [3.63, 3.8) is 0 Å². The maximum atomic E-state index is 3.91. The highest BCUT2D eigenvalue weighted by Gasteiger charge is 2.34. The van der Waals surface area contributed by atoms with Crippen molar-refractivity contribution >= 4 is 15.3 Å². The molecule has 0 saturated heterocycles. The number of rotatable bonds is 7. The molecular weight excluding hydrogens is 160 g/mol. The number of unbranched alkanes of at least 4 members (excludes halogenated alkanes) is 2. The van der Waals surface area contributed by atoms with E-state index >= 15 is 0 Å². The Kier molecular flexibility index (Phi) is 4.82. The Hall–Kier alpha value is 0.0869. The van der Waals surface area contributed by atoms with Gasteiger partial charge in [0.05, 0.1) is 0 Å². The molecule has 0 aromatic rings. The van der Waals surface area contributed by atoms with Crippen LogP contribution >= 0.6 is 0 Å². The average Bonchev–Trinajstić information content (AvgIpc) is 2.81. The van der Waals surface area contributed by atoms with Gasteiger partial charge < -0.3 is 0 Å². The summed E-state index contributed by atoms with van der Waals surface area (Å²) in [5.74, 6) is 2.23. The maximum absolute atomic E-state index is 3.91. The molecule has 1 heteroatoms. The molecule has 69 valence electrons. The summed E-state index contributed by atoms with van der Waals surface area (Å²) in [6.45, 7) is 2.29. The van der Waals surface area contributed by atoms with E-state index in [1.165, 1.54) is 44.6 Å². The van der Waals surface area contributed by atoms with Crippen LogP contribution in [0.4, 0.5) is 0 Å². The summed E-state index contributed by atoms with van der Waals surface area (Å²) >= 11 is 0. The van der Waals surface area contributed by atoms with Crippen molar-refractivity contribution in [2.75, 3.05) is 0 Å². The Morgan fingerprint density at radius 1 is 1.25 bits per heavy atom. The molecule has 1 rings (SSSR count). The summed E-state index contributed by atoms with van der Waals surface area (Å²) in [6.07, 6.45) is 12.7. The second-order valence-electron chi connectivity index (χ2n) is 4.04. The predicted octanol–water partition coefficient (Wildman–Crippen LogP) is 3.15. The molecule has 0 spiro atoms. The van der Waals surface area contributed by atoms with E-state index < -0.39 is 0 Å². The molecule has 0 heterocycles. The van der Waals surface area contributed by atoms with Gasteiger partial charge in [-0.05, 0) is 30.7 Å². The minimum atomic E-state index is 0.933. The molecule has 0 aliphatic heterocycles. The van der Waals surface area contributed by atoms with E-state index in [-0.39, 0.29) is 0 Å². The number of hydrogen-bond acceptors (Lipinski definition) is 0. The third kappa shape index (κ3) is 3.66. The lowest BCUT2D eigenvalue weighted by Gasteiger charge is -1.97. The van der Waals surface area contributed by atoms with E-state index in [9.17, 15) is 0 Å². The molecule has 0 unspecified atom stereocenters. The van der Waals surface area contributed by atoms with Crippen molar-refractivity contribution in [2.45, 2.75) is 51.5 Å². The molecule has 1 fully saturated rings. The third-order valence-corrected chi connectivity index (χ3v) is 3.58. The maximum Gasteiger partial charge on any atom is 0.0111 e. The molecule has 0 N–H and O–H groups in total. The van der Waals surface area contributed by atoms with Gasteiger partial charge in [0.15, 0.2) is 0 Å². The minimum absolute atomic E-state index is 0.933. The normalized spacial score (nSPS) is 27.1. The van der Waals surface area contributed by atoms with Crippen LogP contribution in [0.15, 0.2) is 0 Å². The Morgan fingerprint density at radius 3 is 2.67 bits per heavy atom. The molecule has 0 amide bonds. The largest absolute Gasteiger partial charge is 0.118 e. The van der Waals surface area contributed by atoms with Crippen molar-refractivity contribution in [1.82, 2.24) is 0 Å². The fourth-order valence-electron chi connectivity index (χ4n) is 1.96. The van der Waals surface area contributed by atoms with Gasteiger partial charge in [-0.15, -0.1) is 6.17 Å². The fraction of sp³-hybridized carbons (Fsp3) is 0.909. The van der Waals surface area contributed by atoms with E-state index in [2.05, 4.69) is 13.1 Å². The van der Waals surface area contributed by atoms with E-state index in [0.29, 0.717) is 0 Å². The first-order valence-corrected chi connectivity index (χ1v) is 6.79. The van der Waals surface area contributed by atoms with Gasteiger partial charge in [-0.3, -0.25) is 0 Å². The van der Waals surface area contributed by atoms with Crippen molar-refractivity contribution in [2.24, 2.45) is 11.8 Å². The van der Waals surface area contributed by atoms with E-state index in [1.807, 2.05) is 0 Å². The lowest BCUT2D eigenvalue weighted by molar-refractivity contribution is 0.575. The van der Waals surface area contributed by atoms with Crippen LogP contribution in [0.25, 0.3) is 0 Å². The first kappa shape index (κ1) is 10.2. The van der Waals surface area contributed by atoms with E-state index in [1.54, 1.807) is 0 Å². The summed E-state index contributed by atoms with van der Waals surface area (Å²) in [7, 11) is 0.933. The van der Waals surface area contributed by atoms with E-state index in [4.69, 9.17) is 0 Å². The van der Waals surface area contributed by atoms with Crippen molar-refractivity contribution < 1.29 is 0 Å². The topological polar surface area (TPSA) is 0 Å². The van der Waals surface area contributed by atoms with Crippen molar-refractivity contribution in [1.29, 1.82) is 0 Å². The van der Waals surface area contributed by atoms with Crippen LogP contribution in [0.1, 0.15) is 45.4 Å². The highest BCUT2D eigenvalue weighted by molar-refractivity contribution is 6.40. The highest BCUT2D eigenvalue weighted by atomic mass is 28.2. The first-order valence-electron chi connectivity index (χ1n) is 5.38. The zero-order chi connectivity index (χ0) is 8.81. The second kappa shape index (κ2) is 5.68. The quantitative estimate of drug-likeness (QED) is 0.418. The van der Waals surface area contributed by atoms with Gasteiger partial charge in [0.2, 0.25) is 0 Å². The van der Waals surface area contributed by atoms with Crippen molar-refractivity contribution in [3.05, 3.63) is 0 Å². The molecule has 12 heavy (non-hydrogen) atoms. The van der Waals surface area contributed by atoms with Gasteiger partial charge in [-0.25, -0.2) is 0 Å². The predicted molar refractivity (Wildman–Crippen MR) is 58.0 cm³/mol. The molecule has 0 bridgehead atoms. The van der Waals surface area contributed by atoms with Gasteiger partial charge >= 0.3 is 0 Å². The Balaban J connectivity index is 1.89. The van der Waals surface area contributed by atoms with Crippen LogP contribution < -0.4 is 0 Å². The smallest absolute Gasteiger partial charge is 0.0111 e. The zero-order valence-electron chi connectivity index (χ0n) is 8.31. The summed E-state index contributed by atoms with van der Waals surface area (Å²) in [5.41, 5.74) is 0. The molecule has 1 aliphatic rings. The standard InChI is InChI=1S/C11H21Si/c1-3-4-5-6-10-9-11(10)7-8-12-2/h10-11H,2-9H2,1H3/t10-,11+/m1/s1.